The maximum Gasteiger partial charge on any atom is 0.317 e. The lowest BCUT2D eigenvalue weighted by molar-refractivity contribution is -0.139. The summed E-state index contributed by atoms with van der Waals surface area (Å²) in [7, 11) is 1.94. The van der Waals surface area contributed by atoms with E-state index in [4.69, 9.17) is 5.11 Å². The minimum Gasteiger partial charge on any atom is -0.480 e. The molecule has 0 aliphatic heterocycles. The molecular formula is C17H29N3O3. The Hall–Kier alpha value is -1.30. The summed E-state index contributed by atoms with van der Waals surface area (Å²) in [6.45, 7) is 2.81. The Kier molecular flexibility index (Phi) is 4.80. The molecule has 130 valence electrons. The first-order valence-corrected chi connectivity index (χ1v) is 8.98. The van der Waals surface area contributed by atoms with Gasteiger partial charge in [-0.3, -0.25) is 9.69 Å². The number of hydrogen-bond donors (Lipinski definition) is 2. The fourth-order valence-electron chi connectivity index (χ4n) is 3.98. The van der Waals surface area contributed by atoms with Crippen molar-refractivity contribution in [3.05, 3.63) is 0 Å². The van der Waals surface area contributed by atoms with E-state index in [9.17, 15) is 9.59 Å². The molecule has 0 saturated heterocycles. The van der Waals surface area contributed by atoms with E-state index >= 15 is 0 Å². The average molecular weight is 323 g/mol. The molecule has 0 spiro atoms. The number of likely N-dealkylation sites (N-methyl/N-ethyl adjacent to an activating group) is 1. The lowest BCUT2D eigenvalue weighted by Crippen LogP contribution is -2.57. The summed E-state index contributed by atoms with van der Waals surface area (Å²) in [6.07, 6.45) is 6.79. The van der Waals surface area contributed by atoms with Gasteiger partial charge in [-0.2, -0.15) is 0 Å². The van der Waals surface area contributed by atoms with Gasteiger partial charge in [0.05, 0.1) is 6.54 Å². The van der Waals surface area contributed by atoms with Crippen LogP contribution in [-0.4, -0.2) is 65.2 Å². The maximum absolute atomic E-state index is 12.5. The number of aliphatic carboxylic acids is 1. The van der Waals surface area contributed by atoms with Gasteiger partial charge < -0.3 is 15.3 Å². The second-order valence-corrected chi connectivity index (χ2v) is 7.50. The van der Waals surface area contributed by atoms with Crippen LogP contribution in [0, 0.1) is 11.8 Å². The van der Waals surface area contributed by atoms with Crippen molar-refractivity contribution in [2.24, 2.45) is 11.8 Å². The first-order chi connectivity index (χ1) is 11.0. The van der Waals surface area contributed by atoms with Gasteiger partial charge in [0.25, 0.3) is 0 Å². The lowest BCUT2D eigenvalue weighted by atomic mass is 9.85. The Bertz CT molecular complexity index is 444. The van der Waals surface area contributed by atoms with Crippen LogP contribution < -0.4 is 5.32 Å². The molecule has 0 radical (unpaired) electrons. The number of nitrogens with zero attached hydrogens (tertiary/aromatic N) is 2. The Morgan fingerprint density at radius 3 is 2.17 bits per heavy atom. The van der Waals surface area contributed by atoms with Crippen LogP contribution in [0.25, 0.3) is 0 Å². The first kappa shape index (κ1) is 16.6. The van der Waals surface area contributed by atoms with Gasteiger partial charge >= 0.3 is 12.0 Å². The molecule has 2 amide bonds. The number of carboxylic acid groups (broad SMARTS) is 1. The Morgan fingerprint density at radius 1 is 1.17 bits per heavy atom. The molecule has 3 aliphatic rings. The number of hydrogen-bond acceptors (Lipinski definition) is 3. The third-order valence-corrected chi connectivity index (χ3v) is 5.68. The standard InChI is InChI=1S/C17H29N3O3/c1-3-20(10-15(21)22)14-8-13(9-14)18-17(23)19(2)16(11-4-5-11)12-6-7-12/h11-14,16H,3-10H2,1-2H3,(H,18,23)(H,21,22). The summed E-state index contributed by atoms with van der Waals surface area (Å²) in [4.78, 5) is 27.3. The fraction of sp³-hybridized carbons (Fsp3) is 0.882. The summed E-state index contributed by atoms with van der Waals surface area (Å²) in [5, 5.41) is 12.1. The van der Waals surface area contributed by atoms with E-state index < -0.39 is 5.97 Å². The molecule has 3 fully saturated rings. The highest BCUT2D eigenvalue weighted by Gasteiger charge is 2.45. The van der Waals surface area contributed by atoms with E-state index in [1.807, 2.05) is 23.8 Å². The molecule has 0 bridgehead atoms. The molecule has 0 aromatic carbocycles. The molecule has 23 heavy (non-hydrogen) atoms. The first-order valence-electron chi connectivity index (χ1n) is 8.98. The van der Waals surface area contributed by atoms with Gasteiger partial charge in [0, 0.05) is 25.2 Å². The van der Waals surface area contributed by atoms with Crippen LogP contribution in [0.4, 0.5) is 4.79 Å². The van der Waals surface area contributed by atoms with Crippen molar-refractivity contribution in [2.75, 3.05) is 20.1 Å². The minimum atomic E-state index is -0.782. The van der Waals surface area contributed by atoms with Crippen molar-refractivity contribution in [3.63, 3.8) is 0 Å². The number of carbonyl (C=O) groups excluding carboxylic acids is 1. The summed E-state index contributed by atoms with van der Waals surface area (Å²) in [5.74, 6) is 0.660. The molecule has 0 aromatic heterocycles. The van der Waals surface area contributed by atoms with Gasteiger partial charge in [0.15, 0.2) is 0 Å². The van der Waals surface area contributed by atoms with Gasteiger partial charge in [0.2, 0.25) is 0 Å². The predicted molar refractivity (Wildman–Crippen MR) is 87.2 cm³/mol. The second-order valence-electron chi connectivity index (χ2n) is 7.50. The molecular weight excluding hydrogens is 294 g/mol. The van der Waals surface area contributed by atoms with Crippen LogP contribution in [0.5, 0.6) is 0 Å². The Labute approximate surface area is 138 Å². The van der Waals surface area contributed by atoms with Gasteiger partial charge in [-0.1, -0.05) is 6.92 Å². The van der Waals surface area contributed by atoms with Crippen molar-refractivity contribution in [2.45, 2.75) is 63.6 Å². The monoisotopic (exact) mass is 323 g/mol. The smallest absolute Gasteiger partial charge is 0.317 e. The van der Waals surface area contributed by atoms with E-state index in [0.717, 1.165) is 31.2 Å². The maximum atomic E-state index is 12.5. The SMILES string of the molecule is CCN(CC(=O)O)C1CC(NC(=O)N(C)C(C2CC2)C2CC2)C1. The fourth-order valence-corrected chi connectivity index (χ4v) is 3.98. The van der Waals surface area contributed by atoms with Crippen molar-refractivity contribution in [1.29, 1.82) is 0 Å². The van der Waals surface area contributed by atoms with Crippen LogP contribution in [-0.2, 0) is 4.79 Å². The third kappa shape index (κ3) is 3.97. The second kappa shape index (κ2) is 6.67. The largest absolute Gasteiger partial charge is 0.480 e. The van der Waals surface area contributed by atoms with Gasteiger partial charge in [0.1, 0.15) is 0 Å². The zero-order chi connectivity index (χ0) is 16.6. The van der Waals surface area contributed by atoms with Crippen LogP contribution >= 0.6 is 0 Å². The average Bonchev–Trinajstić information content (AvgIpc) is 3.33. The van der Waals surface area contributed by atoms with Crippen molar-refractivity contribution in [3.8, 4) is 0 Å². The third-order valence-electron chi connectivity index (χ3n) is 5.68. The molecule has 3 aliphatic carbocycles. The zero-order valence-corrected chi connectivity index (χ0v) is 14.2. The highest BCUT2D eigenvalue weighted by molar-refractivity contribution is 5.75. The highest BCUT2D eigenvalue weighted by Crippen LogP contribution is 2.46. The van der Waals surface area contributed by atoms with E-state index in [1.54, 1.807) is 0 Å². The topological polar surface area (TPSA) is 72.9 Å². The van der Waals surface area contributed by atoms with E-state index in [2.05, 4.69) is 5.32 Å². The number of carboxylic acids is 1. The van der Waals surface area contributed by atoms with Crippen LogP contribution in [0.2, 0.25) is 0 Å². The lowest BCUT2D eigenvalue weighted by Gasteiger charge is -2.43. The predicted octanol–water partition coefficient (Wildman–Crippen LogP) is 1.75. The van der Waals surface area contributed by atoms with Crippen LogP contribution in [0.15, 0.2) is 0 Å². The molecule has 0 aromatic rings. The highest BCUT2D eigenvalue weighted by atomic mass is 16.4. The van der Waals surface area contributed by atoms with E-state index in [1.165, 1.54) is 25.7 Å². The van der Waals surface area contributed by atoms with Gasteiger partial charge in [-0.15, -0.1) is 0 Å². The van der Waals surface area contributed by atoms with Crippen molar-refractivity contribution >= 4 is 12.0 Å². The van der Waals surface area contributed by atoms with Gasteiger partial charge in [-0.25, -0.2) is 4.79 Å². The number of urea groups is 1. The molecule has 2 N–H and O–H groups in total. The minimum absolute atomic E-state index is 0.0542. The number of amides is 2. The number of nitrogens with one attached hydrogen (secondary N) is 1. The van der Waals surface area contributed by atoms with E-state index in [-0.39, 0.29) is 24.7 Å². The number of rotatable bonds is 8. The van der Waals surface area contributed by atoms with E-state index in [0.29, 0.717) is 6.04 Å². The molecule has 3 saturated carbocycles. The molecule has 0 unspecified atom stereocenters. The Morgan fingerprint density at radius 2 is 1.74 bits per heavy atom. The Balaban J connectivity index is 1.43. The van der Waals surface area contributed by atoms with Gasteiger partial charge in [-0.05, 0) is 56.9 Å². The normalized spacial score (nSPS) is 27.0. The van der Waals surface area contributed by atoms with Crippen LogP contribution in [0.1, 0.15) is 45.4 Å². The molecule has 0 heterocycles. The van der Waals surface area contributed by atoms with Crippen molar-refractivity contribution < 1.29 is 14.7 Å². The zero-order valence-electron chi connectivity index (χ0n) is 14.2. The quantitative estimate of drug-likeness (QED) is 0.714. The summed E-state index contributed by atoms with van der Waals surface area (Å²) in [6, 6.07) is 0.967. The number of carbonyl (C=O) groups is 2. The summed E-state index contributed by atoms with van der Waals surface area (Å²) < 4.78 is 0. The summed E-state index contributed by atoms with van der Waals surface area (Å²) >= 11 is 0. The van der Waals surface area contributed by atoms with Crippen molar-refractivity contribution in [1.82, 2.24) is 15.1 Å². The molecule has 3 rings (SSSR count). The summed E-state index contributed by atoms with van der Waals surface area (Å²) in [5.41, 5.74) is 0. The molecule has 6 heteroatoms. The van der Waals surface area contributed by atoms with Crippen LogP contribution in [0.3, 0.4) is 0 Å². The molecule has 6 nitrogen and oxygen atoms in total. The molecule has 0 atom stereocenters.